The van der Waals surface area contributed by atoms with Gasteiger partial charge in [-0.1, -0.05) is 6.92 Å². The maximum Gasteiger partial charge on any atom is 0.225 e. The van der Waals surface area contributed by atoms with Gasteiger partial charge in [0, 0.05) is 44.0 Å². The van der Waals surface area contributed by atoms with Crippen molar-refractivity contribution in [3.63, 3.8) is 0 Å². The summed E-state index contributed by atoms with van der Waals surface area (Å²) in [7, 11) is 0. The third kappa shape index (κ3) is 4.97. The molecule has 0 saturated carbocycles. The number of nitrogens with zero attached hydrogens (tertiary/aromatic N) is 2. The highest BCUT2D eigenvalue weighted by Gasteiger charge is 2.17. The van der Waals surface area contributed by atoms with Gasteiger partial charge in [-0.05, 0) is 68.8 Å². The second-order valence-electron chi connectivity index (χ2n) is 7.44. The lowest BCUT2D eigenvalue weighted by Gasteiger charge is -2.30. The number of carbonyl (C=O) groups is 1. The molecule has 1 amide bonds. The van der Waals surface area contributed by atoms with Gasteiger partial charge in [-0.25, -0.2) is 0 Å². The van der Waals surface area contributed by atoms with E-state index in [-0.39, 0.29) is 5.91 Å². The first kappa shape index (κ1) is 17.3. The summed E-state index contributed by atoms with van der Waals surface area (Å²) in [5.41, 5.74) is 2.18. The number of hydrogen-bond donors (Lipinski definition) is 1. The van der Waals surface area contributed by atoms with E-state index in [9.17, 15) is 4.79 Å². The van der Waals surface area contributed by atoms with Crippen molar-refractivity contribution in [3.8, 4) is 0 Å². The number of likely N-dealkylation sites (tertiary alicyclic amines) is 1. The van der Waals surface area contributed by atoms with E-state index < -0.39 is 0 Å². The van der Waals surface area contributed by atoms with Gasteiger partial charge in [0.2, 0.25) is 5.91 Å². The van der Waals surface area contributed by atoms with Gasteiger partial charge < -0.3 is 15.1 Å². The Morgan fingerprint density at radius 2 is 1.83 bits per heavy atom. The molecule has 24 heavy (non-hydrogen) atoms. The average molecular weight is 329 g/mol. The Morgan fingerprint density at radius 1 is 1.08 bits per heavy atom. The van der Waals surface area contributed by atoms with Gasteiger partial charge in [-0.2, -0.15) is 0 Å². The molecule has 2 heterocycles. The Balaban J connectivity index is 1.44. The van der Waals surface area contributed by atoms with E-state index in [1.165, 1.54) is 37.8 Å². The number of rotatable bonds is 5. The van der Waals surface area contributed by atoms with E-state index in [0.29, 0.717) is 6.42 Å². The largest absolute Gasteiger partial charge is 0.372 e. The van der Waals surface area contributed by atoms with Crippen LogP contribution in [0.2, 0.25) is 0 Å². The molecule has 1 aromatic carbocycles. The zero-order chi connectivity index (χ0) is 16.8. The van der Waals surface area contributed by atoms with Gasteiger partial charge in [-0.15, -0.1) is 0 Å². The maximum atomic E-state index is 12.2. The summed E-state index contributed by atoms with van der Waals surface area (Å²) in [5, 5.41) is 3.04. The maximum absolute atomic E-state index is 12.2. The van der Waals surface area contributed by atoms with Crippen LogP contribution in [0.15, 0.2) is 24.3 Å². The second kappa shape index (κ2) is 8.52. The summed E-state index contributed by atoms with van der Waals surface area (Å²) in [5.74, 6) is 0.892. The minimum atomic E-state index is 0.124. The number of anilines is 2. The second-order valence-corrected chi connectivity index (χ2v) is 7.44. The number of piperidine rings is 2. The molecule has 1 N–H and O–H groups in total. The number of amides is 1. The van der Waals surface area contributed by atoms with Crippen molar-refractivity contribution < 1.29 is 4.79 Å². The third-order valence-electron chi connectivity index (χ3n) is 5.27. The lowest BCUT2D eigenvalue weighted by atomic mass is 10.0. The molecule has 0 aliphatic carbocycles. The van der Waals surface area contributed by atoms with Crippen molar-refractivity contribution in [2.24, 2.45) is 5.92 Å². The predicted molar refractivity (Wildman–Crippen MR) is 101 cm³/mol. The summed E-state index contributed by atoms with van der Waals surface area (Å²) in [4.78, 5) is 17.0. The van der Waals surface area contributed by atoms with Gasteiger partial charge in [0.1, 0.15) is 0 Å². The molecule has 3 rings (SSSR count). The van der Waals surface area contributed by atoms with E-state index in [1.54, 1.807) is 0 Å². The molecule has 2 aliphatic heterocycles. The Bertz CT molecular complexity index is 522. The lowest BCUT2D eigenvalue weighted by Crippen LogP contribution is -2.36. The van der Waals surface area contributed by atoms with E-state index in [2.05, 4.69) is 34.2 Å². The molecular weight excluding hydrogens is 298 g/mol. The topological polar surface area (TPSA) is 35.6 Å². The molecule has 2 fully saturated rings. The number of benzene rings is 1. The monoisotopic (exact) mass is 329 g/mol. The fraction of sp³-hybridized carbons (Fsp3) is 0.650. The van der Waals surface area contributed by atoms with Crippen LogP contribution in [0.5, 0.6) is 0 Å². The van der Waals surface area contributed by atoms with Crippen molar-refractivity contribution in [3.05, 3.63) is 24.3 Å². The molecule has 0 spiro atoms. The summed E-state index contributed by atoms with van der Waals surface area (Å²) < 4.78 is 0. The van der Waals surface area contributed by atoms with E-state index in [4.69, 9.17) is 0 Å². The lowest BCUT2D eigenvalue weighted by molar-refractivity contribution is -0.116. The van der Waals surface area contributed by atoms with Crippen LogP contribution in [-0.4, -0.2) is 43.5 Å². The minimum Gasteiger partial charge on any atom is -0.372 e. The number of nitrogens with one attached hydrogen (secondary N) is 1. The molecule has 4 nitrogen and oxygen atoms in total. The first-order chi connectivity index (χ1) is 11.7. The Morgan fingerprint density at radius 3 is 2.54 bits per heavy atom. The van der Waals surface area contributed by atoms with Crippen molar-refractivity contribution >= 4 is 17.3 Å². The zero-order valence-electron chi connectivity index (χ0n) is 15.0. The van der Waals surface area contributed by atoms with Crippen LogP contribution in [0.3, 0.4) is 0 Å². The predicted octanol–water partition coefficient (Wildman–Crippen LogP) is 3.74. The van der Waals surface area contributed by atoms with Crippen molar-refractivity contribution in [2.75, 3.05) is 42.9 Å². The minimum absolute atomic E-state index is 0.124. The van der Waals surface area contributed by atoms with Gasteiger partial charge in [0.15, 0.2) is 0 Å². The average Bonchev–Trinajstić information content (AvgIpc) is 2.61. The molecule has 0 aromatic heterocycles. The summed E-state index contributed by atoms with van der Waals surface area (Å²) in [6, 6.07) is 8.33. The van der Waals surface area contributed by atoms with Crippen molar-refractivity contribution in [1.82, 2.24) is 4.90 Å². The molecule has 2 saturated heterocycles. The highest BCUT2D eigenvalue weighted by Crippen LogP contribution is 2.22. The molecule has 1 unspecified atom stereocenters. The molecular formula is C20H31N3O. The standard InChI is InChI=1S/C20H31N3O/c1-17-6-5-12-22(16-17)15-11-20(24)21-18-7-9-19(10-8-18)23-13-3-2-4-14-23/h7-10,17H,2-6,11-16H2,1H3,(H,21,24). The van der Waals surface area contributed by atoms with Crippen LogP contribution < -0.4 is 10.2 Å². The van der Waals surface area contributed by atoms with Crippen LogP contribution in [0.25, 0.3) is 0 Å². The number of carbonyl (C=O) groups excluding carboxylic acids is 1. The van der Waals surface area contributed by atoms with Crippen LogP contribution in [0, 0.1) is 5.92 Å². The third-order valence-corrected chi connectivity index (χ3v) is 5.27. The summed E-state index contributed by atoms with van der Waals surface area (Å²) in [6.07, 6.45) is 7.09. The van der Waals surface area contributed by atoms with Crippen molar-refractivity contribution in [2.45, 2.75) is 45.4 Å². The molecule has 2 aliphatic rings. The first-order valence-electron chi connectivity index (χ1n) is 9.58. The van der Waals surface area contributed by atoms with Crippen LogP contribution >= 0.6 is 0 Å². The summed E-state index contributed by atoms with van der Waals surface area (Å²) in [6.45, 7) is 7.76. The van der Waals surface area contributed by atoms with Crippen molar-refractivity contribution in [1.29, 1.82) is 0 Å². The first-order valence-corrected chi connectivity index (χ1v) is 9.58. The highest BCUT2D eigenvalue weighted by atomic mass is 16.1. The normalized spacial score (nSPS) is 22.4. The smallest absolute Gasteiger partial charge is 0.225 e. The molecule has 1 aromatic rings. The van der Waals surface area contributed by atoms with Crippen LogP contribution in [0.4, 0.5) is 11.4 Å². The van der Waals surface area contributed by atoms with E-state index in [0.717, 1.165) is 44.3 Å². The molecule has 132 valence electrons. The molecule has 4 heteroatoms. The zero-order valence-corrected chi connectivity index (χ0v) is 15.0. The highest BCUT2D eigenvalue weighted by molar-refractivity contribution is 5.91. The van der Waals surface area contributed by atoms with Gasteiger partial charge in [-0.3, -0.25) is 4.79 Å². The van der Waals surface area contributed by atoms with Gasteiger partial charge in [0.05, 0.1) is 0 Å². The summed E-state index contributed by atoms with van der Waals surface area (Å²) >= 11 is 0. The fourth-order valence-corrected chi connectivity index (χ4v) is 3.88. The van der Waals surface area contributed by atoms with Gasteiger partial charge >= 0.3 is 0 Å². The fourth-order valence-electron chi connectivity index (χ4n) is 3.88. The Labute approximate surface area is 146 Å². The number of hydrogen-bond acceptors (Lipinski definition) is 3. The quantitative estimate of drug-likeness (QED) is 0.894. The van der Waals surface area contributed by atoms with E-state index in [1.807, 2.05) is 12.1 Å². The molecule has 0 bridgehead atoms. The van der Waals surface area contributed by atoms with Gasteiger partial charge in [0.25, 0.3) is 0 Å². The molecule has 1 atom stereocenters. The Kier molecular flexibility index (Phi) is 6.13. The van der Waals surface area contributed by atoms with E-state index >= 15 is 0 Å². The van der Waals surface area contributed by atoms with Crippen LogP contribution in [-0.2, 0) is 4.79 Å². The van der Waals surface area contributed by atoms with Crippen LogP contribution in [0.1, 0.15) is 45.4 Å². The molecule has 0 radical (unpaired) electrons. The SMILES string of the molecule is CC1CCCN(CCC(=O)Nc2ccc(N3CCCCC3)cc2)C1. The Hall–Kier alpha value is -1.55.